The van der Waals surface area contributed by atoms with Crippen LogP contribution in [0.2, 0.25) is 0 Å². The fraction of sp³-hybridized carbons (Fsp3) is 0.522. The Hall–Kier alpha value is -2.75. The number of anilines is 1. The molecule has 0 unspecified atom stereocenters. The molecule has 0 radical (unpaired) electrons. The fourth-order valence-corrected chi connectivity index (χ4v) is 5.04. The zero-order valence-corrected chi connectivity index (χ0v) is 18.2. The Kier molecular flexibility index (Phi) is 5.71. The number of benzene rings is 1. The Balaban J connectivity index is 1.19. The summed E-state index contributed by atoms with van der Waals surface area (Å²) in [6.07, 6.45) is 3.46. The third kappa shape index (κ3) is 4.28. The second kappa shape index (κ2) is 8.65. The van der Waals surface area contributed by atoms with E-state index in [1.165, 1.54) is 10.1 Å². The minimum absolute atomic E-state index is 0.227. The summed E-state index contributed by atoms with van der Waals surface area (Å²) in [6.45, 7) is 5.06. The van der Waals surface area contributed by atoms with Crippen LogP contribution < -0.4 is 22.5 Å². The lowest BCUT2D eigenvalue weighted by molar-refractivity contribution is 0.184. The number of fused-ring (bicyclic) bond motifs is 1. The second-order valence-electron chi connectivity index (χ2n) is 9.33. The van der Waals surface area contributed by atoms with Gasteiger partial charge in [-0.15, -0.1) is 0 Å². The molecule has 3 heterocycles. The molecule has 1 aliphatic carbocycles. The van der Waals surface area contributed by atoms with Gasteiger partial charge in [0.05, 0.1) is 5.69 Å². The molecule has 5 N–H and O–H groups in total. The van der Waals surface area contributed by atoms with E-state index in [0.29, 0.717) is 43.4 Å². The molecule has 2 amide bonds. The normalized spacial score (nSPS) is 25.6. The number of carbonyl (C=O) groups is 1. The zero-order chi connectivity index (χ0) is 22.2. The first-order valence-electron chi connectivity index (χ1n) is 11.4. The highest BCUT2D eigenvalue weighted by atomic mass is 16.2. The van der Waals surface area contributed by atoms with Crippen molar-refractivity contribution in [3.05, 3.63) is 52.6 Å². The molecule has 5 rings (SSSR count). The maximum Gasteiger partial charge on any atom is 0.354 e. The standard InChI is InChI=1S/C23H31N7O2/c24-11-15-5-8-29(9-6-15)22(31)26-20-7-10-30(23(32)27-20)17-3-1-16(2-4-17)12-28-13-18-19(14-28)21(18)25/h1-4,7,10,15,18-19,21H,5-6,8-9,11-14,24-25H2,(H,26,27,31,32)/t18-,19+,21+. The first-order valence-corrected chi connectivity index (χ1v) is 11.4. The molecule has 1 saturated carbocycles. The Labute approximate surface area is 187 Å². The van der Waals surface area contributed by atoms with Crippen molar-refractivity contribution >= 4 is 11.8 Å². The summed E-state index contributed by atoms with van der Waals surface area (Å²) in [5.41, 5.74) is 13.3. The molecule has 1 aromatic carbocycles. The van der Waals surface area contributed by atoms with Crippen LogP contribution >= 0.6 is 0 Å². The summed E-state index contributed by atoms with van der Waals surface area (Å²) >= 11 is 0. The van der Waals surface area contributed by atoms with E-state index in [4.69, 9.17) is 11.5 Å². The monoisotopic (exact) mass is 437 g/mol. The van der Waals surface area contributed by atoms with E-state index in [1.54, 1.807) is 17.2 Å². The van der Waals surface area contributed by atoms with Gasteiger partial charge in [0, 0.05) is 45.0 Å². The molecule has 170 valence electrons. The van der Waals surface area contributed by atoms with Crippen molar-refractivity contribution in [3.8, 4) is 5.69 Å². The lowest BCUT2D eigenvalue weighted by Gasteiger charge is -2.31. The summed E-state index contributed by atoms with van der Waals surface area (Å²) in [5.74, 6) is 2.10. The SMILES string of the molecule is NCC1CCN(C(=O)Nc2ccn(-c3ccc(CN4C[C@@H]5[C@@H](N)[C@@H]5C4)cc3)c(=O)n2)CC1. The second-order valence-corrected chi connectivity index (χ2v) is 9.33. The van der Waals surface area contributed by atoms with E-state index < -0.39 is 5.69 Å². The molecule has 32 heavy (non-hydrogen) atoms. The van der Waals surface area contributed by atoms with Crippen LogP contribution in [0, 0.1) is 17.8 Å². The molecule has 3 fully saturated rings. The van der Waals surface area contributed by atoms with Crippen LogP contribution in [0.5, 0.6) is 0 Å². The van der Waals surface area contributed by atoms with Crippen LogP contribution in [0.1, 0.15) is 18.4 Å². The van der Waals surface area contributed by atoms with E-state index in [9.17, 15) is 9.59 Å². The molecule has 0 spiro atoms. The maximum absolute atomic E-state index is 12.6. The molecule has 0 bridgehead atoms. The van der Waals surface area contributed by atoms with Crippen molar-refractivity contribution in [2.75, 3.05) is 38.0 Å². The Morgan fingerprint density at radius 3 is 2.41 bits per heavy atom. The predicted octanol–water partition coefficient (Wildman–Crippen LogP) is 0.824. The molecule has 9 heteroatoms. The van der Waals surface area contributed by atoms with Gasteiger partial charge in [0.25, 0.3) is 0 Å². The van der Waals surface area contributed by atoms with Gasteiger partial charge in [-0.25, -0.2) is 9.59 Å². The maximum atomic E-state index is 12.6. The number of hydrogen-bond donors (Lipinski definition) is 3. The van der Waals surface area contributed by atoms with Crippen molar-refractivity contribution < 1.29 is 4.79 Å². The molecule has 9 nitrogen and oxygen atoms in total. The molecule has 2 aromatic rings. The fourth-order valence-electron chi connectivity index (χ4n) is 5.04. The topological polar surface area (TPSA) is 123 Å². The van der Waals surface area contributed by atoms with Gasteiger partial charge >= 0.3 is 11.7 Å². The minimum Gasteiger partial charge on any atom is -0.330 e. The van der Waals surface area contributed by atoms with Crippen LogP contribution in [0.25, 0.3) is 5.69 Å². The molecule has 3 atom stereocenters. The van der Waals surface area contributed by atoms with Gasteiger partial charge < -0.3 is 16.4 Å². The van der Waals surface area contributed by atoms with E-state index in [0.717, 1.165) is 38.2 Å². The van der Waals surface area contributed by atoms with Gasteiger partial charge in [0.15, 0.2) is 0 Å². The van der Waals surface area contributed by atoms with E-state index in [2.05, 4.69) is 15.2 Å². The number of aromatic nitrogens is 2. The summed E-state index contributed by atoms with van der Waals surface area (Å²) in [6, 6.07) is 9.79. The minimum atomic E-state index is -0.425. The highest BCUT2D eigenvalue weighted by Gasteiger charge is 2.53. The Morgan fingerprint density at radius 2 is 1.78 bits per heavy atom. The highest BCUT2D eigenvalue weighted by molar-refractivity contribution is 5.88. The number of urea groups is 1. The molecule has 2 aliphatic heterocycles. The molecular weight excluding hydrogens is 406 g/mol. The number of nitrogens with one attached hydrogen (secondary N) is 1. The van der Waals surface area contributed by atoms with Gasteiger partial charge in [-0.1, -0.05) is 12.1 Å². The van der Waals surface area contributed by atoms with Gasteiger partial charge in [-0.2, -0.15) is 4.98 Å². The lowest BCUT2D eigenvalue weighted by atomic mass is 9.97. The summed E-state index contributed by atoms with van der Waals surface area (Å²) in [4.78, 5) is 33.3. The molecule has 1 aromatic heterocycles. The smallest absolute Gasteiger partial charge is 0.330 e. The largest absolute Gasteiger partial charge is 0.354 e. The molecule has 3 aliphatic rings. The van der Waals surface area contributed by atoms with Crippen LogP contribution in [0.4, 0.5) is 10.6 Å². The Bertz CT molecular complexity index is 1020. The number of piperidine rings is 2. The van der Waals surface area contributed by atoms with Crippen molar-refractivity contribution in [1.29, 1.82) is 0 Å². The van der Waals surface area contributed by atoms with Crippen LogP contribution in [-0.4, -0.2) is 64.1 Å². The van der Waals surface area contributed by atoms with Gasteiger partial charge in [0.1, 0.15) is 5.82 Å². The van der Waals surface area contributed by atoms with Crippen molar-refractivity contribution in [3.63, 3.8) is 0 Å². The average molecular weight is 438 g/mol. The van der Waals surface area contributed by atoms with Crippen molar-refractivity contribution in [1.82, 2.24) is 19.4 Å². The number of hydrogen-bond acceptors (Lipinski definition) is 6. The van der Waals surface area contributed by atoms with Crippen LogP contribution in [-0.2, 0) is 6.54 Å². The van der Waals surface area contributed by atoms with Gasteiger partial charge in [0.2, 0.25) is 0 Å². The first-order chi connectivity index (χ1) is 15.5. The molecular formula is C23H31N7O2. The Morgan fingerprint density at radius 1 is 1.09 bits per heavy atom. The van der Waals surface area contributed by atoms with Crippen molar-refractivity contribution in [2.24, 2.45) is 29.2 Å². The summed E-state index contributed by atoms with van der Waals surface area (Å²) < 4.78 is 1.48. The molecule has 2 saturated heterocycles. The van der Waals surface area contributed by atoms with Gasteiger partial charge in [-0.3, -0.25) is 14.8 Å². The number of nitrogens with zero attached hydrogens (tertiary/aromatic N) is 4. The van der Waals surface area contributed by atoms with E-state index >= 15 is 0 Å². The summed E-state index contributed by atoms with van der Waals surface area (Å²) in [5, 5.41) is 2.74. The number of carbonyl (C=O) groups excluding carboxylic acids is 1. The number of amides is 2. The van der Waals surface area contributed by atoms with E-state index in [-0.39, 0.29) is 11.8 Å². The lowest BCUT2D eigenvalue weighted by Crippen LogP contribution is -2.42. The van der Waals surface area contributed by atoms with Crippen LogP contribution in [0.3, 0.4) is 0 Å². The highest BCUT2D eigenvalue weighted by Crippen LogP contribution is 2.44. The van der Waals surface area contributed by atoms with Crippen LogP contribution in [0.15, 0.2) is 41.3 Å². The predicted molar refractivity (Wildman–Crippen MR) is 122 cm³/mol. The number of nitrogens with two attached hydrogens (primary N) is 2. The average Bonchev–Trinajstić information content (AvgIpc) is 3.19. The zero-order valence-electron chi connectivity index (χ0n) is 18.2. The van der Waals surface area contributed by atoms with Crippen molar-refractivity contribution in [2.45, 2.75) is 25.4 Å². The third-order valence-corrected chi connectivity index (χ3v) is 7.23. The van der Waals surface area contributed by atoms with Gasteiger partial charge in [-0.05, 0) is 60.9 Å². The number of likely N-dealkylation sites (tertiary alicyclic amines) is 2. The van der Waals surface area contributed by atoms with E-state index in [1.807, 2.05) is 24.3 Å². The number of rotatable bonds is 5. The first kappa shape index (κ1) is 21.1. The summed E-state index contributed by atoms with van der Waals surface area (Å²) in [7, 11) is 0. The quantitative estimate of drug-likeness (QED) is 0.637. The third-order valence-electron chi connectivity index (χ3n) is 7.23.